The van der Waals surface area contributed by atoms with Gasteiger partial charge in [0.2, 0.25) is 0 Å². The quantitative estimate of drug-likeness (QED) is 0.580. The van der Waals surface area contributed by atoms with Crippen LogP contribution in [0.4, 0.5) is 0 Å². The Balaban J connectivity index is 2.18. The second-order valence-corrected chi connectivity index (χ2v) is 5.06. The Labute approximate surface area is 135 Å². The Morgan fingerprint density at radius 3 is 2.43 bits per heavy atom. The van der Waals surface area contributed by atoms with Crippen LogP contribution in [0.25, 0.3) is 0 Å². The SMILES string of the molecule is CCOC(=O)C(CC(=O)c1ccc(OC)cc1)n1ccc(C)n1. The lowest BCUT2D eigenvalue weighted by Gasteiger charge is -2.15. The van der Waals surface area contributed by atoms with Gasteiger partial charge in [0, 0.05) is 18.2 Å². The van der Waals surface area contributed by atoms with Gasteiger partial charge >= 0.3 is 5.97 Å². The Hall–Kier alpha value is -2.63. The van der Waals surface area contributed by atoms with Crippen molar-refractivity contribution in [2.45, 2.75) is 26.3 Å². The van der Waals surface area contributed by atoms with E-state index < -0.39 is 12.0 Å². The molecule has 0 aliphatic heterocycles. The number of carbonyl (C=O) groups is 2. The van der Waals surface area contributed by atoms with Crippen LogP contribution in [0.1, 0.15) is 35.4 Å². The van der Waals surface area contributed by atoms with E-state index in [9.17, 15) is 9.59 Å². The van der Waals surface area contributed by atoms with Crippen LogP contribution in [0.15, 0.2) is 36.5 Å². The fourth-order valence-electron chi connectivity index (χ4n) is 2.20. The number of methoxy groups -OCH3 is 1. The van der Waals surface area contributed by atoms with Gasteiger partial charge in [-0.2, -0.15) is 5.10 Å². The van der Waals surface area contributed by atoms with Crippen molar-refractivity contribution in [2.75, 3.05) is 13.7 Å². The maximum Gasteiger partial charge on any atom is 0.331 e. The van der Waals surface area contributed by atoms with Gasteiger partial charge in [0.1, 0.15) is 5.75 Å². The van der Waals surface area contributed by atoms with Crippen LogP contribution in [0.3, 0.4) is 0 Å². The van der Waals surface area contributed by atoms with Crippen molar-refractivity contribution in [3.63, 3.8) is 0 Å². The number of aryl methyl sites for hydroxylation is 1. The number of hydrogen-bond donors (Lipinski definition) is 0. The van der Waals surface area contributed by atoms with Crippen LogP contribution in [0, 0.1) is 6.92 Å². The summed E-state index contributed by atoms with van der Waals surface area (Å²) in [5, 5.41) is 4.23. The molecule has 1 aromatic carbocycles. The van der Waals surface area contributed by atoms with E-state index in [-0.39, 0.29) is 18.8 Å². The van der Waals surface area contributed by atoms with E-state index in [1.54, 1.807) is 50.6 Å². The molecule has 0 radical (unpaired) electrons. The Morgan fingerprint density at radius 1 is 1.22 bits per heavy atom. The summed E-state index contributed by atoms with van der Waals surface area (Å²) in [6.07, 6.45) is 1.67. The number of rotatable bonds is 7. The molecular weight excluding hydrogens is 296 g/mol. The van der Waals surface area contributed by atoms with Crippen LogP contribution in [0.2, 0.25) is 0 Å². The van der Waals surface area contributed by atoms with Gasteiger partial charge in [-0.05, 0) is 44.2 Å². The third kappa shape index (κ3) is 4.18. The van der Waals surface area contributed by atoms with Gasteiger partial charge < -0.3 is 9.47 Å². The molecule has 2 rings (SSSR count). The van der Waals surface area contributed by atoms with E-state index in [4.69, 9.17) is 9.47 Å². The molecular formula is C17H20N2O4. The van der Waals surface area contributed by atoms with Gasteiger partial charge in [-0.1, -0.05) is 0 Å². The molecule has 0 saturated carbocycles. The Bertz CT molecular complexity index is 676. The van der Waals surface area contributed by atoms with Crippen LogP contribution >= 0.6 is 0 Å². The second kappa shape index (κ2) is 7.58. The Kier molecular flexibility index (Phi) is 5.51. The molecule has 0 saturated heterocycles. The van der Waals surface area contributed by atoms with Gasteiger partial charge in [0.05, 0.1) is 19.4 Å². The first kappa shape index (κ1) is 16.7. The topological polar surface area (TPSA) is 70.4 Å². The first-order valence-electron chi connectivity index (χ1n) is 7.40. The highest BCUT2D eigenvalue weighted by molar-refractivity contribution is 5.98. The van der Waals surface area contributed by atoms with Crippen molar-refractivity contribution in [3.8, 4) is 5.75 Å². The molecule has 122 valence electrons. The van der Waals surface area contributed by atoms with E-state index in [1.807, 2.05) is 6.92 Å². The maximum absolute atomic E-state index is 12.5. The highest BCUT2D eigenvalue weighted by atomic mass is 16.5. The zero-order chi connectivity index (χ0) is 16.8. The van der Waals surface area contributed by atoms with E-state index >= 15 is 0 Å². The third-order valence-corrected chi connectivity index (χ3v) is 3.41. The van der Waals surface area contributed by atoms with Crippen LogP contribution in [0.5, 0.6) is 5.75 Å². The smallest absolute Gasteiger partial charge is 0.331 e. The summed E-state index contributed by atoms with van der Waals surface area (Å²) in [6.45, 7) is 3.81. The summed E-state index contributed by atoms with van der Waals surface area (Å²) in [5.74, 6) is 0.0579. The molecule has 0 N–H and O–H groups in total. The summed E-state index contributed by atoms with van der Waals surface area (Å²) in [4.78, 5) is 24.6. The molecule has 1 atom stereocenters. The van der Waals surface area contributed by atoms with Crippen molar-refractivity contribution in [1.82, 2.24) is 9.78 Å². The number of nitrogens with zero attached hydrogens (tertiary/aromatic N) is 2. The van der Waals surface area contributed by atoms with Gasteiger partial charge in [-0.25, -0.2) is 4.79 Å². The summed E-state index contributed by atoms with van der Waals surface area (Å²) in [7, 11) is 1.56. The molecule has 0 spiro atoms. The highest BCUT2D eigenvalue weighted by Gasteiger charge is 2.26. The van der Waals surface area contributed by atoms with Crippen molar-refractivity contribution in [3.05, 3.63) is 47.8 Å². The molecule has 1 heterocycles. The molecule has 0 fully saturated rings. The second-order valence-electron chi connectivity index (χ2n) is 5.06. The normalized spacial score (nSPS) is 11.8. The summed E-state index contributed by atoms with van der Waals surface area (Å²) in [5.41, 5.74) is 1.29. The lowest BCUT2D eigenvalue weighted by molar-refractivity contribution is -0.147. The number of ether oxygens (including phenoxy) is 2. The monoisotopic (exact) mass is 316 g/mol. The highest BCUT2D eigenvalue weighted by Crippen LogP contribution is 2.19. The minimum atomic E-state index is -0.766. The average Bonchev–Trinajstić information content (AvgIpc) is 2.98. The van der Waals surface area contributed by atoms with E-state index in [0.29, 0.717) is 11.3 Å². The molecule has 1 aromatic heterocycles. The summed E-state index contributed by atoms with van der Waals surface area (Å²) in [6, 6.07) is 7.80. The molecule has 0 amide bonds. The number of Topliss-reactive ketones (excluding diaryl/α,β-unsaturated/α-hetero) is 1. The van der Waals surface area contributed by atoms with Gasteiger partial charge in [0.15, 0.2) is 11.8 Å². The van der Waals surface area contributed by atoms with Crippen LogP contribution in [-0.2, 0) is 9.53 Å². The summed E-state index contributed by atoms with van der Waals surface area (Å²) < 4.78 is 11.6. The molecule has 2 aromatic rings. The van der Waals surface area contributed by atoms with E-state index in [1.165, 1.54) is 4.68 Å². The lowest BCUT2D eigenvalue weighted by Crippen LogP contribution is -2.25. The van der Waals surface area contributed by atoms with E-state index in [2.05, 4.69) is 5.10 Å². The Morgan fingerprint density at radius 2 is 1.91 bits per heavy atom. The van der Waals surface area contributed by atoms with Gasteiger partial charge in [-0.3, -0.25) is 9.48 Å². The zero-order valence-corrected chi connectivity index (χ0v) is 13.5. The van der Waals surface area contributed by atoms with Crippen LogP contribution in [-0.4, -0.2) is 35.2 Å². The number of benzene rings is 1. The number of ketones is 1. The lowest BCUT2D eigenvalue weighted by atomic mass is 10.0. The number of aromatic nitrogens is 2. The molecule has 6 heteroatoms. The number of esters is 1. The first-order chi connectivity index (χ1) is 11.0. The molecule has 23 heavy (non-hydrogen) atoms. The average molecular weight is 316 g/mol. The standard InChI is InChI=1S/C17H20N2O4/c1-4-23-17(21)15(19-10-9-12(2)18-19)11-16(20)13-5-7-14(22-3)8-6-13/h5-10,15H,4,11H2,1-3H3. The molecule has 0 aliphatic rings. The molecule has 6 nitrogen and oxygen atoms in total. The van der Waals surface area contributed by atoms with E-state index in [0.717, 1.165) is 5.69 Å². The molecule has 1 unspecified atom stereocenters. The largest absolute Gasteiger partial charge is 0.497 e. The predicted octanol–water partition coefficient (Wildman–Crippen LogP) is 2.58. The predicted molar refractivity (Wildman–Crippen MR) is 84.6 cm³/mol. The number of carbonyl (C=O) groups excluding carboxylic acids is 2. The number of hydrogen-bond acceptors (Lipinski definition) is 5. The summed E-state index contributed by atoms with van der Waals surface area (Å²) >= 11 is 0. The minimum Gasteiger partial charge on any atom is -0.497 e. The van der Waals surface area contributed by atoms with Gasteiger partial charge in [0.25, 0.3) is 0 Å². The van der Waals surface area contributed by atoms with Crippen LogP contribution < -0.4 is 4.74 Å². The van der Waals surface area contributed by atoms with Crippen molar-refractivity contribution in [2.24, 2.45) is 0 Å². The maximum atomic E-state index is 12.5. The minimum absolute atomic E-state index is 0.00766. The molecule has 0 bridgehead atoms. The van der Waals surface area contributed by atoms with Crippen molar-refractivity contribution in [1.29, 1.82) is 0 Å². The zero-order valence-electron chi connectivity index (χ0n) is 13.5. The van der Waals surface area contributed by atoms with Gasteiger partial charge in [-0.15, -0.1) is 0 Å². The fraction of sp³-hybridized carbons (Fsp3) is 0.353. The van der Waals surface area contributed by atoms with Crippen molar-refractivity contribution >= 4 is 11.8 Å². The third-order valence-electron chi connectivity index (χ3n) is 3.41. The first-order valence-corrected chi connectivity index (χ1v) is 7.40. The van der Waals surface area contributed by atoms with Crippen molar-refractivity contribution < 1.29 is 19.1 Å². The fourth-order valence-corrected chi connectivity index (χ4v) is 2.20. The molecule has 0 aliphatic carbocycles.